The molecule has 26 heavy (non-hydrogen) atoms. The number of rotatable bonds is 4. The van der Waals surface area contributed by atoms with Crippen molar-refractivity contribution in [1.29, 1.82) is 0 Å². The van der Waals surface area contributed by atoms with Gasteiger partial charge in [-0.1, -0.05) is 48.0 Å². The molecule has 2 aromatic carbocycles. The number of carbonyl (C=O) groups is 1. The highest BCUT2D eigenvalue weighted by Crippen LogP contribution is 2.25. The SMILES string of the molecule is Cc1ccc(C(=O)/C(=C/c2ccccn2)c2nc3ccccc3o2)cc1. The first-order valence-corrected chi connectivity index (χ1v) is 8.31. The summed E-state index contributed by atoms with van der Waals surface area (Å²) in [7, 11) is 0. The minimum absolute atomic E-state index is 0.151. The molecule has 0 saturated heterocycles. The van der Waals surface area contributed by atoms with E-state index in [0.29, 0.717) is 33.8 Å². The number of carbonyl (C=O) groups excluding carboxylic acids is 1. The second kappa shape index (κ2) is 6.76. The lowest BCUT2D eigenvalue weighted by atomic mass is 10.0. The molecule has 2 aromatic heterocycles. The van der Waals surface area contributed by atoms with E-state index in [0.717, 1.165) is 5.56 Å². The van der Waals surface area contributed by atoms with Gasteiger partial charge in [0.2, 0.25) is 5.89 Å². The van der Waals surface area contributed by atoms with Crippen LogP contribution < -0.4 is 0 Å². The van der Waals surface area contributed by atoms with Gasteiger partial charge >= 0.3 is 0 Å². The summed E-state index contributed by atoms with van der Waals surface area (Å²) in [6, 6.07) is 20.5. The molecule has 2 heterocycles. The van der Waals surface area contributed by atoms with E-state index in [1.807, 2.05) is 73.7 Å². The number of benzene rings is 2. The molecule has 0 N–H and O–H groups in total. The summed E-state index contributed by atoms with van der Waals surface area (Å²) < 4.78 is 5.84. The van der Waals surface area contributed by atoms with E-state index in [-0.39, 0.29) is 5.78 Å². The number of ketones is 1. The van der Waals surface area contributed by atoms with Crippen LogP contribution in [-0.4, -0.2) is 15.8 Å². The Hall–Kier alpha value is -3.53. The number of oxazole rings is 1. The molecular weight excluding hydrogens is 324 g/mol. The number of fused-ring (bicyclic) bond motifs is 1. The number of hydrogen-bond donors (Lipinski definition) is 0. The Labute approximate surface area is 150 Å². The van der Waals surface area contributed by atoms with Crippen molar-refractivity contribution in [3.8, 4) is 0 Å². The Morgan fingerprint density at radius 2 is 1.73 bits per heavy atom. The topological polar surface area (TPSA) is 56.0 Å². The normalized spacial score (nSPS) is 11.7. The number of Topliss-reactive ketones (excluding diaryl/α,β-unsaturated/α-hetero) is 1. The average Bonchev–Trinajstić information content (AvgIpc) is 3.11. The number of hydrogen-bond acceptors (Lipinski definition) is 4. The Balaban J connectivity index is 1.85. The van der Waals surface area contributed by atoms with E-state index < -0.39 is 0 Å². The Morgan fingerprint density at radius 1 is 0.962 bits per heavy atom. The molecule has 0 atom stereocenters. The van der Waals surface area contributed by atoms with Crippen molar-refractivity contribution in [3.63, 3.8) is 0 Å². The summed E-state index contributed by atoms with van der Waals surface area (Å²) in [6.45, 7) is 1.99. The van der Waals surface area contributed by atoms with Crippen LogP contribution >= 0.6 is 0 Å². The van der Waals surface area contributed by atoms with Gasteiger partial charge in [0.25, 0.3) is 0 Å². The third kappa shape index (κ3) is 3.17. The quantitative estimate of drug-likeness (QED) is 0.389. The fourth-order valence-corrected chi connectivity index (χ4v) is 2.68. The molecule has 0 bridgehead atoms. The molecule has 0 unspecified atom stereocenters. The van der Waals surface area contributed by atoms with E-state index in [4.69, 9.17) is 4.42 Å². The van der Waals surface area contributed by atoms with E-state index in [1.165, 1.54) is 0 Å². The molecular formula is C22H16N2O2. The first kappa shape index (κ1) is 16.0. The molecule has 0 amide bonds. The van der Waals surface area contributed by atoms with Crippen LogP contribution in [0.2, 0.25) is 0 Å². The molecule has 0 aliphatic carbocycles. The van der Waals surface area contributed by atoms with Gasteiger partial charge in [-0.05, 0) is 37.3 Å². The maximum absolute atomic E-state index is 13.1. The zero-order chi connectivity index (χ0) is 17.9. The van der Waals surface area contributed by atoms with Crippen LogP contribution in [0.1, 0.15) is 27.5 Å². The van der Waals surface area contributed by atoms with Gasteiger partial charge in [-0.25, -0.2) is 4.98 Å². The summed E-state index contributed by atoms with van der Waals surface area (Å²) >= 11 is 0. The van der Waals surface area contributed by atoms with Gasteiger partial charge in [0, 0.05) is 11.8 Å². The molecule has 4 aromatic rings. The van der Waals surface area contributed by atoms with Crippen LogP contribution in [0.3, 0.4) is 0 Å². The monoisotopic (exact) mass is 340 g/mol. The van der Waals surface area contributed by atoms with Gasteiger partial charge in [-0.2, -0.15) is 0 Å². The zero-order valence-electron chi connectivity index (χ0n) is 14.2. The number of nitrogens with zero attached hydrogens (tertiary/aromatic N) is 2. The third-order valence-electron chi connectivity index (χ3n) is 4.06. The van der Waals surface area contributed by atoms with Gasteiger partial charge in [0.05, 0.1) is 11.3 Å². The number of allylic oxidation sites excluding steroid dienone is 1. The minimum Gasteiger partial charge on any atom is -0.436 e. The lowest BCUT2D eigenvalue weighted by Gasteiger charge is -2.04. The number of para-hydroxylation sites is 2. The first-order chi connectivity index (χ1) is 12.7. The van der Waals surface area contributed by atoms with Crippen LogP contribution in [0.4, 0.5) is 0 Å². The van der Waals surface area contributed by atoms with E-state index in [9.17, 15) is 4.79 Å². The highest BCUT2D eigenvalue weighted by molar-refractivity contribution is 6.31. The summed E-state index contributed by atoms with van der Waals surface area (Å²) in [5.74, 6) is 0.143. The van der Waals surface area contributed by atoms with Crippen molar-refractivity contribution in [3.05, 3.63) is 95.6 Å². The van der Waals surface area contributed by atoms with Crippen LogP contribution in [0.15, 0.2) is 77.3 Å². The van der Waals surface area contributed by atoms with Crippen molar-refractivity contribution in [1.82, 2.24) is 9.97 Å². The molecule has 4 rings (SSSR count). The van der Waals surface area contributed by atoms with Crippen LogP contribution in [-0.2, 0) is 0 Å². The molecule has 126 valence electrons. The molecule has 0 aliphatic rings. The highest BCUT2D eigenvalue weighted by atomic mass is 16.3. The Bertz CT molecular complexity index is 1060. The van der Waals surface area contributed by atoms with Crippen molar-refractivity contribution >= 4 is 28.5 Å². The van der Waals surface area contributed by atoms with Gasteiger partial charge in [0.15, 0.2) is 11.4 Å². The van der Waals surface area contributed by atoms with Crippen LogP contribution in [0, 0.1) is 6.92 Å². The zero-order valence-corrected chi connectivity index (χ0v) is 14.2. The highest BCUT2D eigenvalue weighted by Gasteiger charge is 2.20. The Kier molecular flexibility index (Phi) is 4.15. The lowest BCUT2D eigenvalue weighted by Crippen LogP contribution is -2.03. The maximum atomic E-state index is 13.1. The standard InChI is InChI=1S/C22H16N2O2/c1-15-9-11-16(12-10-15)21(25)18(14-17-6-4-5-13-23-17)22-24-19-7-2-3-8-20(19)26-22/h2-14H,1H3/b18-14-. The molecule has 0 aliphatic heterocycles. The van der Waals surface area contributed by atoms with Gasteiger partial charge in [-0.3, -0.25) is 9.78 Å². The Morgan fingerprint density at radius 3 is 2.46 bits per heavy atom. The van der Waals surface area contributed by atoms with Gasteiger partial charge < -0.3 is 4.42 Å². The summed E-state index contributed by atoms with van der Waals surface area (Å²) in [6.07, 6.45) is 3.40. The molecule has 0 saturated carbocycles. The maximum Gasteiger partial charge on any atom is 0.231 e. The predicted octanol–water partition coefficient (Wildman–Crippen LogP) is 4.95. The molecule has 0 spiro atoms. The van der Waals surface area contributed by atoms with E-state index >= 15 is 0 Å². The number of pyridine rings is 1. The summed E-state index contributed by atoms with van der Waals surface area (Å²) in [5.41, 5.74) is 4.09. The molecule has 4 nitrogen and oxygen atoms in total. The fourth-order valence-electron chi connectivity index (χ4n) is 2.68. The van der Waals surface area contributed by atoms with Crippen molar-refractivity contribution in [2.24, 2.45) is 0 Å². The number of aryl methyl sites for hydroxylation is 1. The van der Waals surface area contributed by atoms with E-state index in [2.05, 4.69) is 9.97 Å². The summed E-state index contributed by atoms with van der Waals surface area (Å²) in [5, 5.41) is 0. The number of aromatic nitrogens is 2. The summed E-state index contributed by atoms with van der Waals surface area (Å²) in [4.78, 5) is 21.9. The van der Waals surface area contributed by atoms with Gasteiger partial charge in [-0.15, -0.1) is 0 Å². The average molecular weight is 340 g/mol. The van der Waals surface area contributed by atoms with Crippen LogP contribution in [0.5, 0.6) is 0 Å². The fraction of sp³-hybridized carbons (Fsp3) is 0.0455. The van der Waals surface area contributed by atoms with Gasteiger partial charge in [0.1, 0.15) is 5.52 Å². The van der Waals surface area contributed by atoms with Crippen LogP contribution in [0.25, 0.3) is 22.7 Å². The first-order valence-electron chi connectivity index (χ1n) is 8.31. The van der Waals surface area contributed by atoms with Crippen molar-refractivity contribution in [2.75, 3.05) is 0 Å². The smallest absolute Gasteiger partial charge is 0.231 e. The van der Waals surface area contributed by atoms with Crippen molar-refractivity contribution < 1.29 is 9.21 Å². The second-order valence-corrected chi connectivity index (χ2v) is 5.99. The molecule has 0 radical (unpaired) electrons. The second-order valence-electron chi connectivity index (χ2n) is 5.99. The largest absolute Gasteiger partial charge is 0.436 e. The molecule has 4 heteroatoms. The lowest BCUT2D eigenvalue weighted by molar-refractivity contribution is 0.105. The van der Waals surface area contributed by atoms with Crippen molar-refractivity contribution in [2.45, 2.75) is 6.92 Å². The van der Waals surface area contributed by atoms with E-state index in [1.54, 1.807) is 12.3 Å². The third-order valence-corrected chi connectivity index (χ3v) is 4.06. The predicted molar refractivity (Wildman–Crippen MR) is 102 cm³/mol. The molecule has 0 fully saturated rings. The minimum atomic E-state index is -0.151.